The first-order chi connectivity index (χ1) is 9.26. The molecule has 0 spiro atoms. The SMILES string of the molecule is C[C@@H]1C=C(c2nc(=S)o[nH]2)CCN1C(=O)OC(C)(C)C. The van der Waals surface area contributed by atoms with Gasteiger partial charge < -0.3 is 14.2 Å². The average molecular weight is 297 g/mol. The minimum Gasteiger partial charge on any atom is -0.444 e. The number of carbonyl (C=O) groups excluding carboxylic acids is 1. The number of rotatable bonds is 1. The summed E-state index contributed by atoms with van der Waals surface area (Å²) in [6.45, 7) is 8.09. The maximum Gasteiger partial charge on any atom is 0.410 e. The molecule has 1 aliphatic rings. The minimum absolute atomic E-state index is 0.0627. The Bertz CT molecular complexity index is 582. The molecule has 0 radical (unpaired) electrons. The average Bonchev–Trinajstić information content (AvgIpc) is 2.73. The highest BCUT2D eigenvalue weighted by atomic mass is 32.1. The lowest BCUT2D eigenvalue weighted by molar-refractivity contribution is 0.0209. The predicted molar refractivity (Wildman–Crippen MR) is 76.7 cm³/mol. The van der Waals surface area contributed by atoms with Crippen molar-refractivity contribution in [3.05, 3.63) is 16.7 Å². The van der Waals surface area contributed by atoms with Gasteiger partial charge in [0.1, 0.15) is 5.60 Å². The first-order valence-corrected chi connectivity index (χ1v) is 6.93. The van der Waals surface area contributed by atoms with Crippen LogP contribution in [0.4, 0.5) is 4.79 Å². The van der Waals surface area contributed by atoms with Crippen molar-refractivity contribution >= 4 is 23.9 Å². The van der Waals surface area contributed by atoms with Crippen molar-refractivity contribution < 1.29 is 14.1 Å². The Hall–Kier alpha value is -1.63. The van der Waals surface area contributed by atoms with Gasteiger partial charge in [-0.25, -0.2) is 9.95 Å². The Morgan fingerprint density at radius 2 is 2.30 bits per heavy atom. The zero-order valence-corrected chi connectivity index (χ0v) is 12.9. The summed E-state index contributed by atoms with van der Waals surface area (Å²) >= 11 is 4.84. The lowest BCUT2D eigenvalue weighted by atomic mass is 10.0. The van der Waals surface area contributed by atoms with Gasteiger partial charge in [0.25, 0.3) is 0 Å². The molecule has 1 aromatic rings. The summed E-state index contributed by atoms with van der Waals surface area (Å²) in [5.74, 6) is 0.630. The molecule has 6 nitrogen and oxygen atoms in total. The molecule has 110 valence electrons. The summed E-state index contributed by atoms with van der Waals surface area (Å²) in [5, 5.41) is 2.68. The number of aromatic nitrogens is 2. The van der Waals surface area contributed by atoms with Crippen LogP contribution >= 0.6 is 12.2 Å². The molecule has 2 rings (SSSR count). The van der Waals surface area contributed by atoms with Crippen molar-refractivity contribution in [1.29, 1.82) is 0 Å². The molecule has 1 amide bonds. The number of carbonyl (C=O) groups is 1. The van der Waals surface area contributed by atoms with E-state index >= 15 is 0 Å². The largest absolute Gasteiger partial charge is 0.444 e. The monoisotopic (exact) mass is 297 g/mol. The zero-order valence-electron chi connectivity index (χ0n) is 12.1. The topological polar surface area (TPSA) is 71.4 Å². The number of hydrogen-bond donors (Lipinski definition) is 1. The molecule has 1 aromatic heterocycles. The van der Waals surface area contributed by atoms with Crippen molar-refractivity contribution in [2.45, 2.75) is 45.8 Å². The number of nitrogens with one attached hydrogen (secondary N) is 1. The molecule has 0 aromatic carbocycles. The van der Waals surface area contributed by atoms with Gasteiger partial charge in [0, 0.05) is 6.54 Å². The van der Waals surface area contributed by atoms with Crippen LogP contribution in [0.15, 0.2) is 10.6 Å². The molecule has 1 atom stereocenters. The molecule has 0 bridgehead atoms. The van der Waals surface area contributed by atoms with Gasteiger partial charge >= 0.3 is 10.9 Å². The number of ether oxygens (including phenoxy) is 1. The first-order valence-electron chi connectivity index (χ1n) is 6.52. The third-order valence-electron chi connectivity index (χ3n) is 2.93. The summed E-state index contributed by atoms with van der Waals surface area (Å²) in [4.78, 5) is 18.1. The highest BCUT2D eigenvalue weighted by Gasteiger charge is 2.28. The maximum absolute atomic E-state index is 12.1. The second-order valence-corrected chi connectivity index (χ2v) is 6.14. The van der Waals surface area contributed by atoms with Gasteiger partial charge in [-0.3, -0.25) is 0 Å². The summed E-state index contributed by atoms with van der Waals surface area (Å²) < 4.78 is 10.3. The van der Waals surface area contributed by atoms with E-state index in [1.54, 1.807) is 4.90 Å². The number of aromatic amines is 1. The molecule has 0 saturated heterocycles. The Labute approximate surface area is 122 Å². The van der Waals surface area contributed by atoms with Crippen molar-refractivity contribution in [2.24, 2.45) is 0 Å². The molecule has 7 heteroatoms. The van der Waals surface area contributed by atoms with Crippen molar-refractivity contribution in [2.75, 3.05) is 6.54 Å². The van der Waals surface area contributed by atoms with Gasteiger partial charge in [0.05, 0.1) is 6.04 Å². The second kappa shape index (κ2) is 5.40. The molecule has 1 N–H and O–H groups in total. The molecule has 0 aliphatic carbocycles. The highest BCUT2D eigenvalue weighted by molar-refractivity contribution is 7.71. The Morgan fingerprint density at radius 3 is 2.80 bits per heavy atom. The smallest absolute Gasteiger partial charge is 0.410 e. The van der Waals surface area contributed by atoms with Crippen molar-refractivity contribution in [1.82, 2.24) is 15.0 Å². The Morgan fingerprint density at radius 1 is 1.60 bits per heavy atom. The normalized spacial score (nSPS) is 19.7. The third-order valence-corrected chi connectivity index (χ3v) is 3.10. The van der Waals surface area contributed by atoms with Gasteiger partial charge in [-0.2, -0.15) is 4.98 Å². The summed E-state index contributed by atoms with van der Waals surface area (Å²) in [6.07, 6.45) is 2.35. The van der Waals surface area contributed by atoms with Crippen LogP contribution in [0, 0.1) is 4.84 Å². The lowest BCUT2D eigenvalue weighted by Crippen LogP contribution is -2.43. The fraction of sp³-hybridized carbons (Fsp3) is 0.615. The molecule has 0 unspecified atom stereocenters. The third kappa shape index (κ3) is 3.47. The summed E-state index contributed by atoms with van der Waals surface area (Å²) in [6, 6.07) is -0.0627. The van der Waals surface area contributed by atoms with Gasteiger partial charge in [-0.05, 0) is 51.9 Å². The number of amides is 1. The van der Waals surface area contributed by atoms with E-state index in [9.17, 15) is 4.79 Å². The predicted octanol–water partition coefficient (Wildman–Crippen LogP) is 3.14. The van der Waals surface area contributed by atoms with E-state index in [1.165, 1.54) is 0 Å². The van der Waals surface area contributed by atoms with Crippen LogP contribution in [0.1, 0.15) is 39.9 Å². The van der Waals surface area contributed by atoms with E-state index in [0.29, 0.717) is 18.8 Å². The van der Waals surface area contributed by atoms with E-state index in [4.69, 9.17) is 21.5 Å². The number of H-pyrrole nitrogens is 1. The van der Waals surface area contributed by atoms with E-state index in [0.717, 1.165) is 5.57 Å². The zero-order chi connectivity index (χ0) is 14.9. The molecule has 2 heterocycles. The number of hydrogen-bond acceptors (Lipinski definition) is 5. The van der Waals surface area contributed by atoms with Crippen LogP contribution in [-0.2, 0) is 4.74 Å². The van der Waals surface area contributed by atoms with Crippen molar-refractivity contribution in [3.63, 3.8) is 0 Å². The minimum atomic E-state index is -0.488. The van der Waals surface area contributed by atoms with E-state index < -0.39 is 5.60 Å². The fourth-order valence-electron chi connectivity index (χ4n) is 2.05. The molecule has 1 aliphatic heterocycles. The van der Waals surface area contributed by atoms with Gasteiger partial charge in [0.15, 0.2) is 5.82 Å². The quantitative estimate of drug-likeness (QED) is 0.806. The maximum atomic E-state index is 12.1. The standard InChI is InChI=1S/C13H19N3O3S/c1-8-7-9(10-14-11(20)19-15-10)5-6-16(8)12(17)18-13(2,3)4/h7-8H,5-6H2,1-4H3,(H,14,15,20)/t8-/m1/s1. The van der Waals surface area contributed by atoms with Crippen LogP contribution in [0.2, 0.25) is 0 Å². The summed E-state index contributed by atoms with van der Waals surface area (Å²) in [7, 11) is 0. The van der Waals surface area contributed by atoms with Crippen molar-refractivity contribution in [3.8, 4) is 0 Å². The Kier molecular flexibility index (Phi) is 3.99. The van der Waals surface area contributed by atoms with Crippen LogP contribution < -0.4 is 0 Å². The summed E-state index contributed by atoms with van der Waals surface area (Å²) in [5.41, 5.74) is 0.509. The van der Waals surface area contributed by atoms with Gasteiger partial charge in [0.2, 0.25) is 0 Å². The fourth-order valence-corrected chi connectivity index (χ4v) is 2.18. The number of nitrogens with zero attached hydrogens (tertiary/aromatic N) is 2. The molecule has 0 fully saturated rings. The van der Waals surface area contributed by atoms with E-state index in [2.05, 4.69) is 10.1 Å². The highest BCUT2D eigenvalue weighted by Crippen LogP contribution is 2.24. The van der Waals surface area contributed by atoms with Crippen LogP contribution in [0.25, 0.3) is 5.57 Å². The van der Waals surface area contributed by atoms with Crippen LogP contribution in [-0.4, -0.2) is 39.3 Å². The van der Waals surface area contributed by atoms with Gasteiger partial charge in [-0.1, -0.05) is 6.08 Å². The second-order valence-electron chi connectivity index (χ2n) is 5.79. The van der Waals surface area contributed by atoms with Crippen LogP contribution in [0.3, 0.4) is 0 Å². The van der Waals surface area contributed by atoms with Crippen LogP contribution in [0.5, 0.6) is 0 Å². The molecular formula is C13H19N3O3S. The first kappa shape index (κ1) is 14.8. The van der Waals surface area contributed by atoms with E-state index in [1.807, 2.05) is 33.8 Å². The molecule has 20 heavy (non-hydrogen) atoms. The van der Waals surface area contributed by atoms with E-state index in [-0.39, 0.29) is 17.0 Å². The molecule has 0 saturated carbocycles. The lowest BCUT2D eigenvalue weighted by Gasteiger charge is -2.33. The van der Waals surface area contributed by atoms with Gasteiger partial charge in [-0.15, -0.1) is 0 Å². The Balaban J connectivity index is 2.10. The molecular weight excluding hydrogens is 278 g/mol.